The number of halogens is 2. The Morgan fingerprint density at radius 2 is 1.94 bits per heavy atom. The molecule has 0 aliphatic carbocycles. The number of hydrogen-bond acceptors (Lipinski definition) is 3. The van der Waals surface area contributed by atoms with Crippen molar-refractivity contribution in [3.63, 3.8) is 0 Å². The van der Waals surface area contributed by atoms with Gasteiger partial charge in [0, 0.05) is 28.4 Å². The van der Waals surface area contributed by atoms with E-state index in [9.17, 15) is 14.5 Å². The lowest BCUT2D eigenvalue weighted by molar-refractivity contribution is -0.384. The lowest BCUT2D eigenvalue weighted by Gasteiger charge is -2.02. The molecule has 0 aliphatic rings. The van der Waals surface area contributed by atoms with Gasteiger partial charge in [-0.3, -0.25) is 10.1 Å². The van der Waals surface area contributed by atoms with Crippen LogP contribution in [0.3, 0.4) is 0 Å². The van der Waals surface area contributed by atoms with E-state index in [-0.39, 0.29) is 5.69 Å². The fourth-order valence-electron chi connectivity index (χ4n) is 1.39. The molecule has 0 aliphatic heterocycles. The first kappa shape index (κ1) is 11.7. The number of rotatable bonds is 2. The van der Waals surface area contributed by atoms with Gasteiger partial charge in [-0.25, -0.2) is 4.98 Å². The van der Waals surface area contributed by atoms with Crippen LogP contribution in [-0.4, -0.2) is 9.91 Å². The Hall–Kier alpha value is -1.82. The number of hydrogen-bond donors (Lipinski definition) is 0. The summed E-state index contributed by atoms with van der Waals surface area (Å²) >= 11 is 3.19. The molecule has 2 aromatic rings. The molecule has 1 heterocycles. The lowest BCUT2D eigenvalue weighted by atomic mass is 10.1. The first-order valence-electron chi connectivity index (χ1n) is 4.64. The van der Waals surface area contributed by atoms with E-state index in [4.69, 9.17) is 0 Å². The van der Waals surface area contributed by atoms with Gasteiger partial charge >= 0.3 is 0 Å². The van der Waals surface area contributed by atoms with E-state index in [1.54, 1.807) is 6.07 Å². The van der Waals surface area contributed by atoms with Crippen LogP contribution in [0.25, 0.3) is 11.1 Å². The van der Waals surface area contributed by atoms with Crippen molar-refractivity contribution in [2.24, 2.45) is 0 Å². The van der Waals surface area contributed by atoms with Gasteiger partial charge in [-0.15, -0.1) is 0 Å². The predicted octanol–water partition coefficient (Wildman–Crippen LogP) is 3.56. The van der Waals surface area contributed by atoms with Gasteiger partial charge in [0.1, 0.15) is 0 Å². The fraction of sp³-hybridized carbons (Fsp3) is 0. The first-order valence-corrected chi connectivity index (χ1v) is 5.43. The number of pyridine rings is 1. The maximum absolute atomic E-state index is 13.4. The third-order valence-corrected chi connectivity index (χ3v) is 2.63. The quantitative estimate of drug-likeness (QED) is 0.484. The van der Waals surface area contributed by atoms with Gasteiger partial charge < -0.3 is 0 Å². The van der Waals surface area contributed by atoms with E-state index < -0.39 is 10.9 Å². The lowest BCUT2D eigenvalue weighted by Crippen LogP contribution is -1.90. The van der Waals surface area contributed by atoms with Gasteiger partial charge in [0.2, 0.25) is 5.95 Å². The molecule has 0 amide bonds. The second kappa shape index (κ2) is 4.58. The third-order valence-electron chi connectivity index (χ3n) is 2.19. The summed E-state index contributed by atoms with van der Waals surface area (Å²) in [5.74, 6) is -0.609. The Labute approximate surface area is 104 Å². The van der Waals surface area contributed by atoms with Crippen molar-refractivity contribution < 1.29 is 9.31 Å². The normalized spacial score (nSPS) is 10.2. The van der Waals surface area contributed by atoms with Crippen LogP contribution >= 0.6 is 15.9 Å². The Morgan fingerprint density at radius 1 is 1.29 bits per heavy atom. The minimum atomic E-state index is -0.609. The Bertz CT molecular complexity index is 572. The second-order valence-electron chi connectivity index (χ2n) is 3.30. The molecule has 0 atom stereocenters. The van der Waals surface area contributed by atoms with E-state index in [0.717, 1.165) is 0 Å². The second-order valence-corrected chi connectivity index (χ2v) is 4.21. The molecule has 17 heavy (non-hydrogen) atoms. The molecule has 6 heteroatoms. The molecule has 0 saturated carbocycles. The molecule has 2 rings (SSSR count). The smallest absolute Gasteiger partial charge is 0.258 e. The summed E-state index contributed by atoms with van der Waals surface area (Å²) in [6.45, 7) is 0. The number of aromatic nitrogens is 1. The Balaban J connectivity index is 2.46. The van der Waals surface area contributed by atoms with Gasteiger partial charge in [0.05, 0.1) is 4.92 Å². The maximum Gasteiger partial charge on any atom is 0.269 e. The minimum absolute atomic E-state index is 0.0304. The molecule has 86 valence electrons. The molecule has 0 saturated heterocycles. The molecule has 0 fully saturated rings. The van der Waals surface area contributed by atoms with Crippen LogP contribution in [0.15, 0.2) is 41.0 Å². The summed E-state index contributed by atoms with van der Waals surface area (Å²) in [4.78, 5) is 13.5. The Kier molecular flexibility index (Phi) is 3.14. The average molecular weight is 297 g/mol. The van der Waals surface area contributed by atoms with Crippen LogP contribution < -0.4 is 0 Å². The van der Waals surface area contributed by atoms with Crippen LogP contribution in [0.5, 0.6) is 0 Å². The summed E-state index contributed by atoms with van der Waals surface area (Å²) in [7, 11) is 0. The summed E-state index contributed by atoms with van der Waals surface area (Å²) < 4.78 is 14.1. The molecule has 0 radical (unpaired) electrons. The van der Waals surface area contributed by atoms with E-state index in [0.29, 0.717) is 15.6 Å². The summed E-state index contributed by atoms with van der Waals surface area (Å²) in [6, 6.07) is 7.21. The van der Waals surface area contributed by atoms with Gasteiger partial charge in [-0.1, -0.05) is 0 Å². The maximum atomic E-state index is 13.4. The molecule has 0 spiro atoms. The van der Waals surface area contributed by atoms with Crippen molar-refractivity contribution >= 4 is 21.6 Å². The summed E-state index contributed by atoms with van der Waals surface area (Å²) in [6.07, 6.45) is 1.35. The van der Waals surface area contributed by atoms with Crippen LogP contribution in [0.1, 0.15) is 0 Å². The minimum Gasteiger partial charge on any atom is -0.258 e. The highest BCUT2D eigenvalue weighted by Crippen LogP contribution is 2.26. The zero-order valence-electron chi connectivity index (χ0n) is 8.43. The van der Waals surface area contributed by atoms with E-state index >= 15 is 0 Å². The fourth-order valence-corrected chi connectivity index (χ4v) is 1.72. The third kappa shape index (κ3) is 2.47. The van der Waals surface area contributed by atoms with Gasteiger partial charge in [-0.2, -0.15) is 4.39 Å². The molecular formula is C11H6BrFN2O2. The predicted molar refractivity (Wildman–Crippen MR) is 64.0 cm³/mol. The summed E-state index contributed by atoms with van der Waals surface area (Å²) in [5, 5.41) is 10.5. The monoisotopic (exact) mass is 296 g/mol. The van der Waals surface area contributed by atoms with Gasteiger partial charge in [0.15, 0.2) is 0 Å². The number of non-ortho nitro benzene ring substituents is 1. The van der Waals surface area contributed by atoms with Crippen LogP contribution in [0.2, 0.25) is 0 Å². The molecule has 1 aromatic carbocycles. The number of nitro groups is 1. The van der Waals surface area contributed by atoms with Crippen molar-refractivity contribution in [1.29, 1.82) is 0 Å². The van der Waals surface area contributed by atoms with Gasteiger partial charge in [-0.05, 0) is 39.7 Å². The highest BCUT2D eigenvalue weighted by atomic mass is 79.9. The van der Waals surface area contributed by atoms with E-state index in [2.05, 4.69) is 20.9 Å². The highest BCUT2D eigenvalue weighted by molar-refractivity contribution is 9.10. The molecule has 0 unspecified atom stereocenters. The molecule has 4 nitrogen and oxygen atoms in total. The highest BCUT2D eigenvalue weighted by Gasteiger charge is 2.09. The van der Waals surface area contributed by atoms with Crippen molar-refractivity contribution in [2.45, 2.75) is 0 Å². The van der Waals surface area contributed by atoms with E-state index in [1.807, 2.05) is 0 Å². The molecule has 1 aromatic heterocycles. The van der Waals surface area contributed by atoms with E-state index in [1.165, 1.54) is 30.5 Å². The van der Waals surface area contributed by atoms with Crippen LogP contribution in [-0.2, 0) is 0 Å². The van der Waals surface area contributed by atoms with Crippen molar-refractivity contribution in [1.82, 2.24) is 4.98 Å². The number of nitrogens with zero attached hydrogens (tertiary/aromatic N) is 2. The van der Waals surface area contributed by atoms with Crippen LogP contribution in [0.4, 0.5) is 10.1 Å². The average Bonchev–Trinajstić information content (AvgIpc) is 2.32. The first-order chi connectivity index (χ1) is 8.08. The van der Waals surface area contributed by atoms with Crippen molar-refractivity contribution in [3.05, 3.63) is 57.1 Å². The number of nitro benzene ring substituents is 1. The zero-order chi connectivity index (χ0) is 12.4. The van der Waals surface area contributed by atoms with Gasteiger partial charge in [0.25, 0.3) is 5.69 Å². The topological polar surface area (TPSA) is 56.0 Å². The number of benzene rings is 1. The Morgan fingerprint density at radius 3 is 2.53 bits per heavy atom. The standard InChI is InChI=1S/C11H6BrFN2O2/c12-8-5-10(11(13)14-6-8)7-1-3-9(4-2-7)15(16)17/h1-6H. The van der Waals surface area contributed by atoms with Crippen molar-refractivity contribution in [3.8, 4) is 11.1 Å². The molecule has 0 N–H and O–H groups in total. The molecular weight excluding hydrogens is 291 g/mol. The molecule has 0 bridgehead atoms. The summed E-state index contributed by atoms with van der Waals surface area (Å²) in [5.41, 5.74) is 0.813. The van der Waals surface area contributed by atoms with Crippen molar-refractivity contribution in [2.75, 3.05) is 0 Å². The zero-order valence-corrected chi connectivity index (χ0v) is 10.0. The SMILES string of the molecule is O=[N+]([O-])c1ccc(-c2cc(Br)cnc2F)cc1. The van der Waals surface area contributed by atoms with Crippen LogP contribution in [0, 0.1) is 16.1 Å². The largest absolute Gasteiger partial charge is 0.269 e.